The Hall–Kier alpha value is -4.04. The number of nitriles is 1. The van der Waals surface area contributed by atoms with E-state index in [0.717, 1.165) is 17.0 Å². The molecule has 0 saturated carbocycles. The number of ether oxygens (including phenoxy) is 1. The average molecular weight is 383 g/mol. The number of amides is 2. The number of nitrogens with zero attached hydrogens (tertiary/aromatic N) is 2. The van der Waals surface area contributed by atoms with Crippen molar-refractivity contribution in [2.45, 2.75) is 0 Å². The normalized spacial score (nSPS) is 10.3. The van der Waals surface area contributed by atoms with E-state index in [9.17, 15) is 4.79 Å². The molecule has 0 unspecified atom stereocenters. The fraction of sp³-hybridized carbons (Fsp3) is 0.0833. The van der Waals surface area contributed by atoms with Gasteiger partial charge in [-0.3, -0.25) is 4.90 Å². The van der Waals surface area contributed by atoms with Crippen LogP contribution >= 0.6 is 0 Å². The molecule has 5 heteroatoms. The van der Waals surface area contributed by atoms with Gasteiger partial charge in [0.2, 0.25) is 0 Å². The van der Waals surface area contributed by atoms with Gasteiger partial charge < -0.3 is 10.1 Å². The molecular weight excluding hydrogens is 362 g/mol. The van der Waals surface area contributed by atoms with Crippen LogP contribution in [0.5, 0.6) is 5.75 Å². The van der Waals surface area contributed by atoms with Gasteiger partial charge in [0.1, 0.15) is 5.75 Å². The number of carbonyl (C=O) groups excluding carboxylic acids is 1. The molecule has 1 N–H and O–H groups in total. The summed E-state index contributed by atoms with van der Waals surface area (Å²) in [6.07, 6.45) is 3.91. The van der Waals surface area contributed by atoms with Crippen LogP contribution < -0.4 is 15.0 Å². The third-order valence-electron chi connectivity index (χ3n) is 4.27. The maximum atomic E-state index is 13.0. The van der Waals surface area contributed by atoms with Crippen LogP contribution in [0.1, 0.15) is 11.1 Å². The van der Waals surface area contributed by atoms with Crippen LogP contribution in [-0.2, 0) is 0 Å². The van der Waals surface area contributed by atoms with Crippen LogP contribution in [0.3, 0.4) is 0 Å². The van der Waals surface area contributed by atoms with E-state index in [-0.39, 0.29) is 6.03 Å². The van der Waals surface area contributed by atoms with Gasteiger partial charge in [0.05, 0.1) is 18.7 Å². The number of urea groups is 1. The highest BCUT2D eigenvalue weighted by Crippen LogP contribution is 2.21. The molecule has 0 fully saturated rings. The van der Waals surface area contributed by atoms with Gasteiger partial charge in [0.15, 0.2) is 0 Å². The largest absolute Gasteiger partial charge is 0.497 e. The first-order valence-corrected chi connectivity index (χ1v) is 9.14. The van der Waals surface area contributed by atoms with E-state index in [1.54, 1.807) is 36.3 Å². The molecule has 0 heterocycles. The van der Waals surface area contributed by atoms with Crippen molar-refractivity contribution in [3.05, 3.63) is 96.1 Å². The molecule has 0 aromatic heterocycles. The number of hydrogen-bond donors (Lipinski definition) is 1. The lowest BCUT2D eigenvalue weighted by molar-refractivity contribution is 0.257. The van der Waals surface area contributed by atoms with Crippen molar-refractivity contribution in [3.8, 4) is 11.8 Å². The van der Waals surface area contributed by atoms with Gasteiger partial charge in [-0.15, -0.1) is 0 Å². The minimum Gasteiger partial charge on any atom is -0.497 e. The second-order valence-electron chi connectivity index (χ2n) is 6.24. The van der Waals surface area contributed by atoms with Crippen molar-refractivity contribution in [3.63, 3.8) is 0 Å². The molecule has 0 saturated heterocycles. The van der Waals surface area contributed by atoms with Crippen LogP contribution in [0, 0.1) is 11.3 Å². The SMILES string of the molecule is COc1ccc(N(C/C=C/c2ccccc2)C(=O)Nc2cccc(C#N)c2)cc1. The quantitative estimate of drug-likeness (QED) is 0.626. The number of nitrogens with one attached hydrogen (secondary N) is 1. The summed E-state index contributed by atoms with van der Waals surface area (Å²) in [7, 11) is 1.60. The third-order valence-corrected chi connectivity index (χ3v) is 4.27. The maximum absolute atomic E-state index is 13.0. The van der Waals surface area contributed by atoms with Crippen molar-refractivity contribution >= 4 is 23.5 Å². The van der Waals surface area contributed by atoms with Gasteiger partial charge in [-0.1, -0.05) is 48.6 Å². The van der Waals surface area contributed by atoms with Gasteiger partial charge in [-0.05, 0) is 48.0 Å². The van der Waals surface area contributed by atoms with Gasteiger partial charge in [0.25, 0.3) is 0 Å². The number of hydrogen-bond acceptors (Lipinski definition) is 3. The van der Waals surface area contributed by atoms with Crippen molar-refractivity contribution in [1.29, 1.82) is 5.26 Å². The number of methoxy groups -OCH3 is 1. The van der Waals surface area contributed by atoms with Crippen LogP contribution in [0.25, 0.3) is 6.08 Å². The van der Waals surface area contributed by atoms with E-state index >= 15 is 0 Å². The summed E-state index contributed by atoms with van der Waals surface area (Å²) in [5.74, 6) is 0.718. The van der Waals surface area contributed by atoms with Crippen LogP contribution in [0.4, 0.5) is 16.2 Å². The molecule has 0 radical (unpaired) electrons. The van der Waals surface area contributed by atoms with Gasteiger partial charge >= 0.3 is 6.03 Å². The van der Waals surface area contributed by atoms with E-state index in [1.165, 1.54) is 0 Å². The van der Waals surface area contributed by atoms with Gasteiger partial charge in [-0.25, -0.2) is 4.79 Å². The molecule has 144 valence electrons. The smallest absolute Gasteiger partial charge is 0.326 e. The summed E-state index contributed by atoms with van der Waals surface area (Å²) in [5.41, 5.74) is 2.85. The highest BCUT2D eigenvalue weighted by molar-refractivity contribution is 6.02. The molecular formula is C24H21N3O2. The van der Waals surface area contributed by atoms with Crippen LogP contribution in [-0.4, -0.2) is 19.7 Å². The van der Waals surface area contributed by atoms with Crippen LogP contribution in [0.15, 0.2) is 84.9 Å². The standard InChI is InChI=1S/C24H21N3O2/c1-29-23-14-12-22(13-15-23)27(16-6-10-19-7-3-2-4-8-19)24(28)26-21-11-5-9-20(17-21)18-25/h2-15,17H,16H2,1H3,(H,26,28)/b10-6+. The van der Waals surface area contributed by atoms with E-state index in [1.807, 2.05) is 66.7 Å². The van der Waals surface area contributed by atoms with E-state index < -0.39 is 0 Å². The highest BCUT2D eigenvalue weighted by atomic mass is 16.5. The van der Waals surface area contributed by atoms with Crippen molar-refractivity contribution in [2.75, 3.05) is 23.9 Å². The van der Waals surface area contributed by atoms with Crippen molar-refractivity contribution < 1.29 is 9.53 Å². The Labute approximate surface area is 170 Å². The summed E-state index contributed by atoms with van der Waals surface area (Å²) in [6, 6.07) is 25.8. The number of carbonyl (C=O) groups is 1. The Morgan fingerprint density at radius 1 is 1.07 bits per heavy atom. The number of benzene rings is 3. The predicted molar refractivity (Wildman–Crippen MR) is 116 cm³/mol. The first-order chi connectivity index (χ1) is 14.2. The Morgan fingerprint density at radius 2 is 1.83 bits per heavy atom. The van der Waals surface area contributed by atoms with E-state index in [0.29, 0.717) is 17.8 Å². The summed E-state index contributed by atoms with van der Waals surface area (Å²) in [4.78, 5) is 14.6. The molecule has 0 atom stereocenters. The fourth-order valence-corrected chi connectivity index (χ4v) is 2.78. The van der Waals surface area contributed by atoms with Gasteiger partial charge in [0, 0.05) is 17.9 Å². The summed E-state index contributed by atoms with van der Waals surface area (Å²) in [5, 5.41) is 11.9. The maximum Gasteiger partial charge on any atom is 0.326 e. The first-order valence-electron chi connectivity index (χ1n) is 9.14. The first kappa shape index (κ1) is 19.7. The Bertz CT molecular complexity index is 1020. The molecule has 5 nitrogen and oxygen atoms in total. The Balaban J connectivity index is 1.81. The topological polar surface area (TPSA) is 65.4 Å². The lowest BCUT2D eigenvalue weighted by Crippen LogP contribution is -2.35. The monoisotopic (exact) mass is 383 g/mol. The molecule has 0 aliphatic carbocycles. The van der Waals surface area contributed by atoms with E-state index in [2.05, 4.69) is 11.4 Å². The molecule has 0 aliphatic rings. The molecule has 29 heavy (non-hydrogen) atoms. The number of rotatable bonds is 6. The Morgan fingerprint density at radius 3 is 2.52 bits per heavy atom. The molecule has 0 bridgehead atoms. The minimum atomic E-state index is -0.289. The molecule has 2 amide bonds. The molecule has 0 spiro atoms. The van der Waals surface area contributed by atoms with Gasteiger partial charge in [-0.2, -0.15) is 5.26 Å². The van der Waals surface area contributed by atoms with E-state index in [4.69, 9.17) is 10.00 Å². The fourth-order valence-electron chi connectivity index (χ4n) is 2.78. The predicted octanol–water partition coefficient (Wildman–Crippen LogP) is 5.32. The zero-order valence-corrected chi connectivity index (χ0v) is 16.1. The molecule has 3 aromatic carbocycles. The average Bonchev–Trinajstić information content (AvgIpc) is 2.77. The van der Waals surface area contributed by atoms with Crippen molar-refractivity contribution in [1.82, 2.24) is 0 Å². The van der Waals surface area contributed by atoms with Crippen LogP contribution in [0.2, 0.25) is 0 Å². The summed E-state index contributed by atoms with van der Waals surface area (Å²) < 4.78 is 5.21. The second kappa shape index (κ2) is 9.77. The highest BCUT2D eigenvalue weighted by Gasteiger charge is 2.15. The Kier molecular flexibility index (Phi) is 6.64. The number of anilines is 2. The minimum absolute atomic E-state index is 0.289. The lowest BCUT2D eigenvalue weighted by atomic mass is 10.2. The second-order valence-corrected chi connectivity index (χ2v) is 6.24. The molecule has 3 rings (SSSR count). The zero-order valence-electron chi connectivity index (χ0n) is 16.1. The zero-order chi connectivity index (χ0) is 20.5. The van der Waals surface area contributed by atoms with Crippen molar-refractivity contribution in [2.24, 2.45) is 0 Å². The molecule has 0 aliphatic heterocycles. The molecule has 3 aromatic rings. The lowest BCUT2D eigenvalue weighted by Gasteiger charge is -2.22. The third kappa shape index (κ3) is 5.47. The summed E-state index contributed by atoms with van der Waals surface area (Å²) in [6.45, 7) is 0.380. The summed E-state index contributed by atoms with van der Waals surface area (Å²) >= 11 is 0.